The molecule has 1 aromatic rings. The summed E-state index contributed by atoms with van der Waals surface area (Å²) in [7, 11) is 0. The first-order chi connectivity index (χ1) is 8.33. The standard InChI is InChI=1S/C14H19NO2/c16-11-5-1-4-9-15-10-8-14(17)12-6-2-3-7-13(12)15/h2-3,6-7,16H,1,4-5,8-11H2. The molecule has 1 heterocycles. The minimum absolute atomic E-state index is 0.257. The first kappa shape index (κ1) is 12.1. The number of Topliss-reactive ketones (excluding diaryl/α,β-unsaturated/α-hetero) is 1. The van der Waals surface area contributed by atoms with Crippen molar-refractivity contribution in [2.24, 2.45) is 0 Å². The van der Waals surface area contributed by atoms with E-state index < -0.39 is 0 Å². The molecular weight excluding hydrogens is 214 g/mol. The fourth-order valence-electron chi connectivity index (χ4n) is 2.30. The van der Waals surface area contributed by atoms with Gasteiger partial charge in [-0.25, -0.2) is 0 Å². The molecule has 0 spiro atoms. The minimum Gasteiger partial charge on any atom is -0.396 e. The Kier molecular flexibility index (Phi) is 4.15. The molecule has 0 atom stereocenters. The van der Waals surface area contributed by atoms with Crippen molar-refractivity contribution >= 4 is 11.5 Å². The maximum absolute atomic E-state index is 11.7. The topological polar surface area (TPSA) is 40.5 Å². The Morgan fingerprint density at radius 1 is 1.18 bits per heavy atom. The summed E-state index contributed by atoms with van der Waals surface area (Å²) in [5.41, 5.74) is 1.94. The van der Waals surface area contributed by atoms with Gasteiger partial charge in [-0.1, -0.05) is 12.1 Å². The number of carbonyl (C=O) groups excluding carboxylic acids is 1. The summed E-state index contributed by atoms with van der Waals surface area (Å²) in [6.45, 7) is 2.08. The highest BCUT2D eigenvalue weighted by Crippen LogP contribution is 2.26. The zero-order valence-electron chi connectivity index (χ0n) is 10.1. The summed E-state index contributed by atoms with van der Waals surface area (Å²) in [6.07, 6.45) is 3.61. The van der Waals surface area contributed by atoms with Crippen molar-refractivity contribution in [1.29, 1.82) is 0 Å². The van der Waals surface area contributed by atoms with Crippen LogP contribution in [0.5, 0.6) is 0 Å². The van der Waals surface area contributed by atoms with Crippen LogP contribution in [-0.4, -0.2) is 30.6 Å². The third kappa shape index (κ3) is 2.86. The van der Waals surface area contributed by atoms with Crippen molar-refractivity contribution in [3.63, 3.8) is 0 Å². The van der Waals surface area contributed by atoms with Crippen LogP contribution in [0.4, 0.5) is 5.69 Å². The van der Waals surface area contributed by atoms with E-state index in [9.17, 15) is 4.79 Å². The fourth-order valence-corrected chi connectivity index (χ4v) is 2.30. The third-order valence-electron chi connectivity index (χ3n) is 3.24. The lowest BCUT2D eigenvalue weighted by Gasteiger charge is -2.30. The van der Waals surface area contributed by atoms with E-state index in [0.717, 1.165) is 43.6 Å². The predicted molar refractivity (Wildman–Crippen MR) is 68.5 cm³/mol. The van der Waals surface area contributed by atoms with E-state index in [1.54, 1.807) is 0 Å². The minimum atomic E-state index is 0.257. The molecule has 0 aromatic heterocycles. The number of benzene rings is 1. The van der Waals surface area contributed by atoms with Crippen LogP contribution in [0.1, 0.15) is 36.0 Å². The van der Waals surface area contributed by atoms with Gasteiger partial charge >= 0.3 is 0 Å². The summed E-state index contributed by atoms with van der Waals surface area (Å²) in [6, 6.07) is 7.85. The van der Waals surface area contributed by atoms with Gasteiger partial charge in [0.15, 0.2) is 5.78 Å². The number of rotatable bonds is 5. The Hall–Kier alpha value is -1.35. The van der Waals surface area contributed by atoms with Crippen molar-refractivity contribution in [3.8, 4) is 0 Å². The Labute approximate surface area is 102 Å². The summed E-state index contributed by atoms with van der Waals surface area (Å²) in [4.78, 5) is 14.0. The number of ketones is 1. The monoisotopic (exact) mass is 233 g/mol. The normalized spacial score (nSPS) is 14.9. The molecule has 1 aliphatic rings. The lowest BCUT2D eigenvalue weighted by Crippen LogP contribution is -2.32. The van der Waals surface area contributed by atoms with E-state index in [1.807, 2.05) is 24.3 Å². The summed E-state index contributed by atoms with van der Waals surface area (Å²) in [5.74, 6) is 0.257. The van der Waals surface area contributed by atoms with Crippen LogP contribution in [0.15, 0.2) is 24.3 Å². The molecule has 0 radical (unpaired) electrons. The molecule has 0 unspecified atom stereocenters. The fraction of sp³-hybridized carbons (Fsp3) is 0.500. The van der Waals surface area contributed by atoms with Crippen molar-refractivity contribution in [3.05, 3.63) is 29.8 Å². The first-order valence-electron chi connectivity index (χ1n) is 6.31. The van der Waals surface area contributed by atoms with Crippen molar-refractivity contribution in [2.45, 2.75) is 25.7 Å². The molecule has 0 amide bonds. The lowest BCUT2D eigenvalue weighted by atomic mass is 10.00. The van der Waals surface area contributed by atoms with Gasteiger partial charge in [0.1, 0.15) is 0 Å². The first-order valence-corrected chi connectivity index (χ1v) is 6.31. The predicted octanol–water partition coefficient (Wildman–Crippen LogP) is 2.24. The highest BCUT2D eigenvalue weighted by molar-refractivity contribution is 6.03. The lowest BCUT2D eigenvalue weighted by molar-refractivity contribution is 0.0980. The van der Waals surface area contributed by atoms with Gasteiger partial charge in [0.2, 0.25) is 0 Å². The number of carbonyl (C=O) groups is 1. The maximum Gasteiger partial charge on any atom is 0.166 e. The average Bonchev–Trinajstić information content (AvgIpc) is 2.37. The number of aliphatic hydroxyl groups excluding tert-OH is 1. The van der Waals surface area contributed by atoms with Crippen LogP contribution in [0, 0.1) is 0 Å². The van der Waals surface area contributed by atoms with E-state index in [0.29, 0.717) is 6.42 Å². The molecule has 0 saturated heterocycles. The molecule has 3 nitrogen and oxygen atoms in total. The van der Waals surface area contributed by atoms with Crippen molar-refractivity contribution in [2.75, 3.05) is 24.6 Å². The molecule has 1 N–H and O–H groups in total. The molecule has 3 heteroatoms. The Morgan fingerprint density at radius 2 is 2.00 bits per heavy atom. The second kappa shape index (κ2) is 5.82. The molecular formula is C14H19NO2. The molecule has 17 heavy (non-hydrogen) atoms. The number of anilines is 1. The van der Waals surface area contributed by atoms with Gasteiger partial charge in [-0.2, -0.15) is 0 Å². The number of unbranched alkanes of at least 4 members (excludes halogenated alkanes) is 2. The molecule has 0 saturated carbocycles. The van der Waals surface area contributed by atoms with Crippen molar-refractivity contribution in [1.82, 2.24) is 0 Å². The van der Waals surface area contributed by atoms with E-state index in [-0.39, 0.29) is 12.4 Å². The third-order valence-corrected chi connectivity index (χ3v) is 3.24. The van der Waals surface area contributed by atoms with Crippen LogP contribution in [0.2, 0.25) is 0 Å². The van der Waals surface area contributed by atoms with E-state index >= 15 is 0 Å². The quantitative estimate of drug-likeness (QED) is 0.793. The second-order valence-electron chi connectivity index (χ2n) is 4.46. The molecule has 1 aromatic carbocycles. The maximum atomic E-state index is 11.7. The van der Waals surface area contributed by atoms with Gasteiger partial charge < -0.3 is 10.0 Å². The van der Waals surface area contributed by atoms with E-state index in [1.165, 1.54) is 0 Å². The van der Waals surface area contributed by atoms with Gasteiger partial charge in [0.05, 0.1) is 0 Å². The highest BCUT2D eigenvalue weighted by Gasteiger charge is 2.21. The SMILES string of the molecule is O=C1CCN(CCCCCO)c2ccccc21. The number of hydrogen-bond donors (Lipinski definition) is 1. The van der Waals surface area contributed by atoms with Crippen LogP contribution < -0.4 is 4.90 Å². The Bertz CT molecular complexity index is 390. The number of aliphatic hydroxyl groups is 1. The zero-order valence-corrected chi connectivity index (χ0v) is 10.1. The van der Waals surface area contributed by atoms with Crippen LogP contribution >= 0.6 is 0 Å². The van der Waals surface area contributed by atoms with Gasteiger partial charge in [-0.05, 0) is 31.4 Å². The van der Waals surface area contributed by atoms with E-state index in [2.05, 4.69) is 4.90 Å². The molecule has 0 fully saturated rings. The number of hydrogen-bond acceptors (Lipinski definition) is 3. The smallest absolute Gasteiger partial charge is 0.166 e. The van der Waals surface area contributed by atoms with Crippen LogP contribution in [-0.2, 0) is 0 Å². The van der Waals surface area contributed by atoms with Crippen LogP contribution in [0.25, 0.3) is 0 Å². The van der Waals surface area contributed by atoms with Gasteiger partial charge in [0, 0.05) is 37.4 Å². The number of nitrogens with zero attached hydrogens (tertiary/aromatic N) is 1. The summed E-state index contributed by atoms with van der Waals surface area (Å²) in [5, 5.41) is 8.74. The molecule has 2 rings (SSSR count). The second-order valence-corrected chi connectivity index (χ2v) is 4.46. The zero-order chi connectivity index (χ0) is 12.1. The highest BCUT2D eigenvalue weighted by atomic mass is 16.2. The molecule has 92 valence electrons. The van der Waals surface area contributed by atoms with Crippen LogP contribution in [0.3, 0.4) is 0 Å². The van der Waals surface area contributed by atoms with E-state index in [4.69, 9.17) is 5.11 Å². The molecule has 1 aliphatic heterocycles. The summed E-state index contributed by atoms with van der Waals surface area (Å²) < 4.78 is 0. The Morgan fingerprint density at radius 3 is 2.82 bits per heavy atom. The number of fused-ring (bicyclic) bond motifs is 1. The summed E-state index contributed by atoms with van der Waals surface area (Å²) >= 11 is 0. The van der Waals surface area contributed by atoms with Gasteiger partial charge in [-0.15, -0.1) is 0 Å². The van der Waals surface area contributed by atoms with Crippen molar-refractivity contribution < 1.29 is 9.90 Å². The largest absolute Gasteiger partial charge is 0.396 e. The molecule has 0 aliphatic carbocycles. The average molecular weight is 233 g/mol. The molecule has 0 bridgehead atoms. The number of para-hydroxylation sites is 1. The van der Waals surface area contributed by atoms with Gasteiger partial charge in [0.25, 0.3) is 0 Å². The Balaban J connectivity index is 2.00. The van der Waals surface area contributed by atoms with Gasteiger partial charge in [-0.3, -0.25) is 4.79 Å².